The molecule has 94 valence electrons. The zero-order valence-corrected chi connectivity index (χ0v) is 10.6. The molecule has 0 atom stereocenters. The van der Waals surface area contributed by atoms with Gasteiger partial charge in [0.15, 0.2) is 0 Å². The molecule has 1 aromatic carbocycles. The average molecular weight is 265 g/mol. The molecular weight excluding hydrogens is 253 g/mol. The number of halogens is 1. The molecule has 0 aliphatic carbocycles. The lowest BCUT2D eigenvalue weighted by Gasteiger charge is -2.00. The topological polar surface area (TPSA) is 50.2 Å². The third kappa shape index (κ3) is 2.73. The Morgan fingerprint density at radius 3 is 2.72 bits per heavy atom. The van der Waals surface area contributed by atoms with Crippen molar-refractivity contribution in [3.63, 3.8) is 0 Å². The van der Waals surface area contributed by atoms with E-state index < -0.39 is 5.97 Å². The third-order valence-corrected chi connectivity index (χ3v) is 3.81. The monoisotopic (exact) mass is 265 g/mol. The first-order chi connectivity index (χ1) is 8.58. The summed E-state index contributed by atoms with van der Waals surface area (Å²) in [5.41, 5.74) is 1.15. The van der Waals surface area contributed by atoms with Crippen LogP contribution >= 0.6 is 11.3 Å². The van der Waals surface area contributed by atoms with E-state index in [2.05, 4.69) is 4.98 Å². The van der Waals surface area contributed by atoms with Crippen LogP contribution in [0, 0.1) is 12.7 Å². The van der Waals surface area contributed by atoms with E-state index in [0.717, 1.165) is 16.3 Å². The van der Waals surface area contributed by atoms with Crippen LogP contribution in [-0.4, -0.2) is 16.1 Å². The first kappa shape index (κ1) is 12.7. The molecule has 0 unspecified atom stereocenters. The van der Waals surface area contributed by atoms with Gasteiger partial charge in [-0.25, -0.2) is 14.2 Å². The highest BCUT2D eigenvalue weighted by molar-refractivity contribution is 7.13. The van der Waals surface area contributed by atoms with Gasteiger partial charge in [0.2, 0.25) is 0 Å². The Kier molecular flexibility index (Phi) is 3.72. The number of rotatable bonds is 4. The smallest absolute Gasteiger partial charge is 0.347 e. The van der Waals surface area contributed by atoms with Crippen LogP contribution < -0.4 is 0 Å². The van der Waals surface area contributed by atoms with Gasteiger partial charge in [-0.1, -0.05) is 18.2 Å². The maximum atomic E-state index is 13.4. The van der Waals surface area contributed by atoms with Crippen LogP contribution in [0.4, 0.5) is 4.39 Å². The number of aromatic nitrogens is 1. The van der Waals surface area contributed by atoms with E-state index >= 15 is 0 Å². The van der Waals surface area contributed by atoms with Gasteiger partial charge in [0.05, 0.1) is 10.7 Å². The molecule has 0 aliphatic rings. The van der Waals surface area contributed by atoms with Gasteiger partial charge in [0, 0.05) is 6.42 Å². The molecule has 0 radical (unpaired) electrons. The van der Waals surface area contributed by atoms with Gasteiger partial charge < -0.3 is 5.11 Å². The Labute approximate surface area is 108 Å². The number of aromatic carboxylic acids is 1. The predicted octanol–water partition coefficient (Wildman–Crippen LogP) is 3.07. The van der Waals surface area contributed by atoms with Gasteiger partial charge in [-0.2, -0.15) is 0 Å². The lowest BCUT2D eigenvalue weighted by atomic mass is 10.1. The first-order valence-electron chi connectivity index (χ1n) is 5.51. The minimum atomic E-state index is -0.956. The van der Waals surface area contributed by atoms with Gasteiger partial charge in [0.25, 0.3) is 0 Å². The first-order valence-corrected chi connectivity index (χ1v) is 6.32. The molecule has 0 saturated carbocycles. The second-order valence-corrected chi connectivity index (χ2v) is 5.00. The molecule has 2 aromatic rings. The molecule has 5 heteroatoms. The maximum Gasteiger partial charge on any atom is 0.347 e. The molecule has 1 heterocycles. The summed E-state index contributed by atoms with van der Waals surface area (Å²) in [4.78, 5) is 15.3. The number of thiazole rings is 1. The van der Waals surface area contributed by atoms with Crippen molar-refractivity contribution in [1.82, 2.24) is 4.98 Å². The van der Waals surface area contributed by atoms with E-state index in [1.165, 1.54) is 6.07 Å². The van der Waals surface area contributed by atoms with Crippen molar-refractivity contribution in [1.29, 1.82) is 0 Å². The van der Waals surface area contributed by atoms with E-state index in [4.69, 9.17) is 5.11 Å². The molecule has 0 spiro atoms. The Hall–Kier alpha value is -1.75. The summed E-state index contributed by atoms with van der Waals surface area (Å²) in [5.74, 6) is -1.19. The minimum Gasteiger partial charge on any atom is -0.477 e. The summed E-state index contributed by atoms with van der Waals surface area (Å²) in [6.07, 6.45) is 1.08. The van der Waals surface area contributed by atoms with E-state index in [0.29, 0.717) is 24.1 Å². The molecule has 1 aromatic heterocycles. The number of hydrogen-bond donors (Lipinski definition) is 1. The second-order valence-electron chi connectivity index (χ2n) is 3.92. The van der Waals surface area contributed by atoms with E-state index in [-0.39, 0.29) is 10.7 Å². The maximum absolute atomic E-state index is 13.4. The number of nitrogens with zero attached hydrogens (tertiary/aromatic N) is 1. The number of carbonyl (C=O) groups is 1. The number of carboxylic acid groups (broad SMARTS) is 1. The molecule has 0 aliphatic heterocycles. The van der Waals surface area contributed by atoms with Crippen molar-refractivity contribution in [3.8, 4) is 0 Å². The van der Waals surface area contributed by atoms with Gasteiger partial charge >= 0.3 is 5.97 Å². The lowest BCUT2D eigenvalue weighted by molar-refractivity contribution is 0.0701. The van der Waals surface area contributed by atoms with E-state index in [1.807, 2.05) is 0 Å². The number of hydrogen-bond acceptors (Lipinski definition) is 3. The van der Waals surface area contributed by atoms with Crippen molar-refractivity contribution >= 4 is 17.3 Å². The molecule has 3 nitrogen and oxygen atoms in total. The molecule has 1 N–H and O–H groups in total. The highest BCUT2D eigenvalue weighted by atomic mass is 32.1. The Balaban J connectivity index is 2.09. The molecule has 0 saturated heterocycles. The third-order valence-electron chi connectivity index (χ3n) is 2.60. The fourth-order valence-corrected chi connectivity index (χ4v) is 2.60. The van der Waals surface area contributed by atoms with E-state index in [9.17, 15) is 9.18 Å². The summed E-state index contributed by atoms with van der Waals surface area (Å²) >= 11 is 1.16. The zero-order chi connectivity index (χ0) is 13.1. The zero-order valence-electron chi connectivity index (χ0n) is 9.81. The van der Waals surface area contributed by atoms with Crippen molar-refractivity contribution in [2.75, 3.05) is 0 Å². The van der Waals surface area contributed by atoms with Crippen LogP contribution in [0.15, 0.2) is 24.3 Å². The average Bonchev–Trinajstić information content (AvgIpc) is 2.70. The summed E-state index contributed by atoms with van der Waals surface area (Å²) < 4.78 is 13.4. The van der Waals surface area contributed by atoms with Crippen LogP contribution in [0.2, 0.25) is 0 Å². The summed E-state index contributed by atoms with van der Waals surface area (Å²) in [6.45, 7) is 1.67. The fraction of sp³-hybridized carbons (Fsp3) is 0.231. The highest BCUT2D eigenvalue weighted by Gasteiger charge is 2.14. The van der Waals surface area contributed by atoms with Crippen LogP contribution in [0.3, 0.4) is 0 Å². The van der Waals surface area contributed by atoms with Crippen molar-refractivity contribution < 1.29 is 14.3 Å². The SMILES string of the molecule is Cc1nc(CCc2ccccc2F)sc1C(=O)O. The van der Waals surface area contributed by atoms with Crippen molar-refractivity contribution in [2.45, 2.75) is 19.8 Å². The van der Waals surface area contributed by atoms with Crippen LogP contribution in [0.25, 0.3) is 0 Å². The van der Waals surface area contributed by atoms with Crippen LogP contribution in [-0.2, 0) is 12.8 Å². The summed E-state index contributed by atoms with van der Waals surface area (Å²) in [6, 6.07) is 6.59. The quantitative estimate of drug-likeness (QED) is 0.924. The molecule has 0 amide bonds. The van der Waals surface area contributed by atoms with Gasteiger partial charge in [0.1, 0.15) is 10.7 Å². The van der Waals surface area contributed by atoms with E-state index in [1.54, 1.807) is 25.1 Å². The van der Waals surface area contributed by atoms with Crippen LogP contribution in [0.1, 0.15) is 25.9 Å². The molecular formula is C13H12FNO2S. The standard InChI is InChI=1S/C13H12FNO2S/c1-8-12(13(16)17)18-11(15-8)7-6-9-4-2-3-5-10(9)14/h2-5H,6-7H2,1H3,(H,16,17). The largest absolute Gasteiger partial charge is 0.477 e. The molecule has 2 rings (SSSR count). The Morgan fingerprint density at radius 1 is 1.39 bits per heavy atom. The number of benzene rings is 1. The minimum absolute atomic E-state index is 0.232. The normalized spacial score (nSPS) is 10.6. The number of aryl methyl sites for hydroxylation is 3. The van der Waals surface area contributed by atoms with Crippen LogP contribution in [0.5, 0.6) is 0 Å². The molecule has 0 fully saturated rings. The second kappa shape index (κ2) is 5.27. The Bertz CT molecular complexity index is 580. The van der Waals surface area contributed by atoms with Gasteiger partial charge in [-0.05, 0) is 25.0 Å². The number of carboxylic acids is 1. The highest BCUT2D eigenvalue weighted by Crippen LogP contribution is 2.20. The lowest BCUT2D eigenvalue weighted by Crippen LogP contribution is -1.94. The van der Waals surface area contributed by atoms with Gasteiger partial charge in [-0.15, -0.1) is 11.3 Å². The molecule has 0 bridgehead atoms. The van der Waals surface area contributed by atoms with Crippen molar-refractivity contribution in [3.05, 3.63) is 51.2 Å². The van der Waals surface area contributed by atoms with Gasteiger partial charge in [-0.3, -0.25) is 0 Å². The summed E-state index contributed by atoms with van der Waals surface area (Å²) in [5, 5.41) is 9.65. The predicted molar refractivity (Wildman–Crippen MR) is 67.6 cm³/mol. The fourth-order valence-electron chi connectivity index (χ4n) is 1.70. The Morgan fingerprint density at radius 2 is 2.11 bits per heavy atom. The van der Waals surface area contributed by atoms with Crippen molar-refractivity contribution in [2.24, 2.45) is 0 Å². The molecule has 18 heavy (non-hydrogen) atoms. The summed E-state index contributed by atoms with van der Waals surface area (Å²) in [7, 11) is 0.